The van der Waals surface area contributed by atoms with Crippen molar-refractivity contribution in [2.24, 2.45) is 0 Å². The molecule has 0 spiro atoms. The average molecular weight is 350 g/mol. The minimum atomic E-state index is -2.34. The third kappa shape index (κ3) is 2.47. The van der Waals surface area contributed by atoms with E-state index in [0.29, 0.717) is 0 Å². The molecule has 1 aromatic carbocycles. The minimum absolute atomic E-state index is 0.299. The van der Waals surface area contributed by atoms with Crippen molar-refractivity contribution in [2.75, 3.05) is 0 Å². The van der Waals surface area contributed by atoms with E-state index in [4.69, 9.17) is 10.0 Å². The van der Waals surface area contributed by atoms with Gasteiger partial charge in [0.15, 0.2) is 17.4 Å². The van der Waals surface area contributed by atoms with Gasteiger partial charge in [0.25, 0.3) is 0 Å². The van der Waals surface area contributed by atoms with Crippen LogP contribution in [0, 0.1) is 17.5 Å². The van der Waals surface area contributed by atoms with Gasteiger partial charge in [-0.15, -0.1) is 0 Å². The summed E-state index contributed by atoms with van der Waals surface area (Å²) in [5, 5.41) is 16.8. The van der Waals surface area contributed by atoms with Gasteiger partial charge in [-0.1, -0.05) is 0 Å². The zero-order valence-electron chi connectivity index (χ0n) is 6.77. The van der Waals surface area contributed by atoms with Gasteiger partial charge in [-0.2, -0.15) is 4.39 Å². The van der Waals surface area contributed by atoms with E-state index in [-0.39, 0.29) is 4.47 Å². The van der Waals surface area contributed by atoms with E-state index < -0.39 is 35.0 Å². The summed E-state index contributed by atoms with van der Waals surface area (Å²) in [6.07, 6.45) is 0. The van der Waals surface area contributed by atoms with Gasteiger partial charge in [0.1, 0.15) is 0 Å². The van der Waals surface area contributed by atoms with Crippen molar-refractivity contribution in [3.05, 3.63) is 26.4 Å². The van der Waals surface area contributed by atoms with E-state index in [2.05, 4.69) is 36.5 Å². The van der Waals surface area contributed by atoms with Crippen LogP contribution >= 0.6 is 31.9 Å². The third-order valence-electron chi connectivity index (χ3n) is 1.39. The first-order valence-corrected chi connectivity index (χ1v) is 4.99. The summed E-state index contributed by atoms with van der Waals surface area (Å²) in [6.45, 7) is 0. The lowest BCUT2D eigenvalue weighted by atomic mass is 10.2. The van der Waals surface area contributed by atoms with Crippen molar-refractivity contribution >= 4 is 39.2 Å². The van der Waals surface area contributed by atoms with Crippen LogP contribution in [0.15, 0.2) is 8.95 Å². The van der Waals surface area contributed by atoms with Gasteiger partial charge in [-0.25, -0.2) is 8.78 Å². The zero-order valence-corrected chi connectivity index (χ0v) is 9.94. The molecule has 0 aliphatic carbocycles. The molecule has 9 heteroatoms. The largest absolute Gasteiger partial charge is 0.707 e. The van der Waals surface area contributed by atoms with Crippen LogP contribution < -0.4 is 4.65 Å². The number of rotatable bonds is 2. The summed E-state index contributed by atoms with van der Waals surface area (Å²) in [6, 6.07) is 0. The topological polar surface area (TPSA) is 49.7 Å². The lowest BCUT2D eigenvalue weighted by molar-refractivity contribution is 0.276. The van der Waals surface area contributed by atoms with Crippen molar-refractivity contribution in [1.29, 1.82) is 0 Å². The van der Waals surface area contributed by atoms with Gasteiger partial charge in [-0.3, -0.25) is 0 Å². The Bertz CT molecular complexity index is 373. The van der Waals surface area contributed by atoms with Crippen molar-refractivity contribution in [1.82, 2.24) is 0 Å². The normalized spacial score (nSPS) is 10.3. The van der Waals surface area contributed by atoms with Gasteiger partial charge in [-0.05, 0) is 31.9 Å². The quantitative estimate of drug-likeness (QED) is 0.488. The van der Waals surface area contributed by atoms with E-state index >= 15 is 0 Å². The maximum atomic E-state index is 13.1. The molecule has 2 N–H and O–H groups in total. The first-order valence-electron chi connectivity index (χ1n) is 3.40. The smallest absolute Gasteiger partial charge is 0.509 e. The second kappa shape index (κ2) is 4.73. The monoisotopic (exact) mass is 348 g/mol. The van der Waals surface area contributed by atoms with Gasteiger partial charge in [0.2, 0.25) is 5.82 Å². The number of halogens is 5. The van der Waals surface area contributed by atoms with E-state index in [0.717, 1.165) is 0 Å². The first kappa shape index (κ1) is 12.8. The van der Waals surface area contributed by atoms with Crippen molar-refractivity contribution in [2.45, 2.75) is 0 Å². The molecule has 0 aliphatic heterocycles. The maximum Gasteiger partial charge on any atom is 0.707 e. The minimum Gasteiger partial charge on any atom is -0.509 e. The lowest BCUT2D eigenvalue weighted by Gasteiger charge is -2.11. The SMILES string of the molecule is OB(O)Oc1c(F)c(F)c(F)c(Br)c1Br. The second-order valence-corrected chi connectivity index (χ2v) is 3.93. The van der Waals surface area contributed by atoms with Gasteiger partial charge >= 0.3 is 7.32 Å². The van der Waals surface area contributed by atoms with Crippen LogP contribution in [0.2, 0.25) is 0 Å². The fourth-order valence-electron chi connectivity index (χ4n) is 0.794. The van der Waals surface area contributed by atoms with Gasteiger partial charge < -0.3 is 14.7 Å². The standard InChI is InChI=1S/C6H2BBr2F3O3/c8-1-2(9)6(15-7(13)14)5(12)4(11)3(1)10/h13-14H. The highest BCUT2D eigenvalue weighted by Gasteiger charge is 2.26. The van der Waals surface area contributed by atoms with Crippen molar-refractivity contribution < 1.29 is 27.9 Å². The lowest BCUT2D eigenvalue weighted by Crippen LogP contribution is -2.22. The Morgan fingerprint density at radius 2 is 1.47 bits per heavy atom. The summed E-state index contributed by atoms with van der Waals surface area (Å²) >= 11 is 5.34. The van der Waals surface area contributed by atoms with Crippen LogP contribution in [0.1, 0.15) is 0 Å². The molecule has 0 unspecified atom stereocenters. The fraction of sp³-hybridized carbons (Fsp3) is 0. The molecular formula is C6H2BBr2F3O3. The molecule has 1 rings (SSSR count). The Hall–Kier alpha value is -0.245. The summed E-state index contributed by atoms with van der Waals surface area (Å²) in [7, 11) is -2.34. The molecule has 1 aromatic rings. The Balaban J connectivity index is 3.39. The molecule has 0 aromatic heterocycles. The molecule has 3 nitrogen and oxygen atoms in total. The maximum absolute atomic E-state index is 13.1. The molecule has 0 saturated heterocycles. The Labute approximate surface area is 99.3 Å². The summed E-state index contributed by atoms with van der Waals surface area (Å²) in [4.78, 5) is 0. The van der Waals surface area contributed by atoms with Crippen molar-refractivity contribution in [3.63, 3.8) is 0 Å². The Kier molecular flexibility index (Phi) is 4.04. The molecule has 0 radical (unpaired) electrons. The third-order valence-corrected chi connectivity index (χ3v) is 3.43. The molecular weight excluding hydrogens is 348 g/mol. The highest BCUT2D eigenvalue weighted by Crippen LogP contribution is 2.38. The van der Waals surface area contributed by atoms with Gasteiger partial charge in [0, 0.05) is 0 Å². The fourth-order valence-corrected chi connectivity index (χ4v) is 1.59. The highest BCUT2D eigenvalue weighted by atomic mass is 79.9. The molecule has 0 saturated carbocycles. The number of benzene rings is 1. The van der Waals surface area contributed by atoms with Crippen LogP contribution in [0.5, 0.6) is 5.75 Å². The summed E-state index contributed by atoms with van der Waals surface area (Å²) in [5.41, 5.74) is 0. The summed E-state index contributed by atoms with van der Waals surface area (Å²) in [5.74, 6) is -5.72. The zero-order chi connectivity index (χ0) is 11.7. The van der Waals surface area contributed by atoms with E-state index in [1.54, 1.807) is 0 Å². The Morgan fingerprint density at radius 3 is 1.93 bits per heavy atom. The first-order chi connectivity index (χ1) is 6.86. The molecule has 0 bridgehead atoms. The Morgan fingerprint density at radius 1 is 0.933 bits per heavy atom. The van der Waals surface area contributed by atoms with Crippen LogP contribution in [0.25, 0.3) is 0 Å². The van der Waals surface area contributed by atoms with E-state index in [9.17, 15) is 13.2 Å². The summed E-state index contributed by atoms with van der Waals surface area (Å²) < 4.78 is 42.2. The van der Waals surface area contributed by atoms with Crippen LogP contribution in [0.4, 0.5) is 13.2 Å². The molecule has 0 fully saturated rings. The molecule has 0 aliphatic rings. The predicted molar refractivity (Wildman–Crippen MR) is 52.5 cm³/mol. The van der Waals surface area contributed by atoms with Crippen LogP contribution in [0.3, 0.4) is 0 Å². The average Bonchev–Trinajstić information content (AvgIpc) is 2.18. The predicted octanol–water partition coefficient (Wildman–Crippen LogP) is 1.98. The number of hydrogen-bond donors (Lipinski definition) is 2. The molecule has 0 heterocycles. The number of hydrogen-bond acceptors (Lipinski definition) is 3. The van der Waals surface area contributed by atoms with Crippen molar-refractivity contribution in [3.8, 4) is 5.75 Å². The van der Waals surface area contributed by atoms with Crippen LogP contribution in [-0.2, 0) is 0 Å². The van der Waals surface area contributed by atoms with E-state index in [1.165, 1.54) is 0 Å². The second-order valence-electron chi connectivity index (χ2n) is 2.34. The van der Waals surface area contributed by atoms with E-state index in [1.807, 2.05) is 0 Å². The highest BCUT2D eigenvalue weighted by molar-refractivity contribution is 9.13. The van der Waals surface area contributed by atoms with Gasteiger partial charge in [0.05, 0.1) is 8.95 Å². The van der Waals surface area contributed by atoms with Crippen LogP contribution in [-0.4, -0.2) is 17.4 Å². The molecule has 0 amide bonds. The molecule has 82 valence electrons. The molecule has 15 heavy (non-hydrogen) atoms. The molecule has 0 atom stereocenters.